The van der Waals surface area contributed by atoms with Crippen molar-refractivity contribution in [1.82, 2.24) is 15.1 Å². The van der Waals surface area contributed by atoms with Gasteiger partial charge in [0.15, 0.2) is 9.84 Å². The monoisotopic (exact) mass is 365 g/mol. The number of benzene rings is 1. The summed E-state index contributed by atoms with van der Waals surface area (Å²) >= 11 is 0. The number of hydrogen-bond donors (Lipinski definition) is 1. The van der Waals surface area contributed by atoms with Crippen LogP contribution in [-0.2, 0) is 26.0 Å². The van der Waals surface area contributed by atoms with Crippen molar-refractivity contribution in [2.24, 2.45) is 0 Å². The molecule has 0 spiro atoms. The summed E-state index contributed by atoms with van der Waals surface area (Å²) in [7, 11) is -3.03. The fourth-order valence-electron chi connectivity index (χ4n) is 3.25. The van der Waals surface area contributed by atoms with Gasteiger partial charge in [-0.2, -0.15) is 0 Å². The third-order valence-corrected chi connectivity index (χ3v) is 6.34. The van der Waals surface area contributed by atoms with Gasteiger partial charge in [-0.3, -0.25) is 14.5 Å². The molecule has 2 aliphatic rings. The Kier molecular flexibility index (Phi) is 5.39. The van der Waals surface area contributed by atoms with Gasteiger partial charge in [0.25, 0.3) is 0 Å². The molecule has 1 N–H and O–H groups in total. The zero-order valence-electron chi connectivity index (χ0n) is 14.1. The van der Waals surface area contributed by atoms with E-state index in [9.17, 15) is 18.0 Å². The highest BCUT2D eigenvalue weighted by Gasteiger charge is 2.34. The minimum absolute atomic E-state index is 0.00331. The number of piperazine rings is 1. The minimum atomic E-state index is -3.03. The highest BCUT2D eigenvalue weighted by atomic mass is 32.2. The topological polar surface area (TPSA) is 86.8 Å². The second-order valence-corrected chi connectivity index (χ2v) is 8.80. The highest BCUT2D eigenvalue weighted by Crippen LogP contribution is 2.16. The molecule has 136 valence electrons. The lowest BCUT2D eigenvalue weighted by atomic mass is 10.1. The smallest absolute Gasteiger partial charge is 0.237 e. The Balaban J connectivity index is 1.65. The molecule has 2 saturated heterocycles. The molecule has 3 rings (SSSR count). The van der Waals surface area contributed by atoms with E-state index in [1.54, 1.807) is 4.90 Å². The van der Waals surface area contributed by atoms with Crippen LogP contribution in [0, 0.1) is 0 Å². The van der Waals surface area contributed by atoms with E-state index in [1.807, 2.05) is 35.2 Å². The van der Waals surface area contributed by atoms with E-state index in [0.29, 0.717) is 19.6 Å². The third kappa shape index (κ3) is 4.58. The second kappa shape index (κ2) is 7.53. The van der Waals surface area contributed by atoms with E-state index in [2.05, 4.69) is 5.32 Å². The highest BCUT2D eigenvalue weighted by molar-refractivity contribution is 7.91. The van der Waals surface area contributed by atoms with Crippen LogP contribution in [0.15, 0.2) is 30.3 Å². The summed E-state index contributed by atoms with van der Waals surface area (Å²) in [6.45, 7) is 2.30. The number of hydrogen-bond acceptors (Lipinski definition) is 5. The Labute approximate surface area is 147 Å². The van der Waals surface area contributed by atoms with Crippen LogP contribution in [0.2, 0.25) is 0 Å². The third-order valence-electron chi connectivity index (χ3n) is 4.74. The normalized spacial score (nSPS) is 23.9. The standard InChI is InChI=1S/C17H23N3O4S/c21-16(19-8-10-25(23,24)11-9-19)12-15-17(22)18-6-7-20(15)13-14-4-2-1-3-5-14/h1-5,15H,6-13H2,(H,18,22)/t15-/m1/s1. The predicted octanol–water partition coefficient (Wildman–Crippen LogP) is -0.366. The molecule has 0 saturated carbocycles. The van der Waals surface area contributed by atoms with Crippen LogP contribution in [0.5, 0.6) is 0 Å². The van der Waals surface area contributed by atoms with Crippen molar-refractivity contribution in [1.29, 1.82) is 0 Å². The van der Waals surface area contributed by atoms with Crippen molar-refractivity contribution in [3.05, 3.63) is 35.9 Å². The van der Waals surface area contributed by atoms with Gasteiger partial charge < -0.3 is 10.2 Å². The van der Waals surface area contributed by atoms with E-state index in [0.717, 1.165) is 5.56 Å². The van der Waals surface area contributed by atoms with Gasteiger partial charge in [-0.1, -0.05) is 30.3 Å². The zero-order chi connectivity index (χ0) is 17.9. The van der Waals surface area contributed by atoms with E-state index in [4.69, 9.17) is 0 Å². The molecular weight excluding hydrogens is 342 g/mol. The molecule has 0 radical (unpaired) electrons. The summed E-state index contributed by atoms with van der Waals surface area (Å²) in [5.41, 5.74) is 1.10. The summed E-state index contributed by atoms with van der Waals surface area (Å²) in [6, 6.07) is 9.33. The number of nitrogens with zero attached hydrogens (tertiary/aromatic N) is 2. The minimum Gasteiger partial charge on any atom is -0.353 e. The van der Waals surface area contributed by atoms with Crippen LogP contribution in [-0.4, -0.2) is 73.8 Å². The molecule has 2 amide bonds. The zero-order valence-corrected chi connectivity index (χ0v) is 14.9. The molecule has 0 bridgehead atoms. The predicted molar refractivity (Wildman–Crippen MR) is 93.5 cm³/mol. The number of carbonyl (C=O) groups excluding carboxylic acids is 2. The van der Waals surface area contributed by atoms with Gasteiger partial charge in [-0.15, -0.1) is 0 Å². The van der Waals surface area contributed by atoms with Gasteiger partial charge in [0, 0.05) is 32.7 Å². The van der Waals surface area contributed by atoms with Crippen LogP contribution in [0.1, 0.15) is 12.0 Å². The van der Waals surface area contributed by atoms with Crippen molar-refractivity contribution in [3.8, 4) is 0 Å². The van der Waals surface area contributed by atoms with Crippen LogP contribution >= 0.6 is 0 Å². The summed E-state index contributed by atoms with van der Waals surface area (Å²) in [5, 5.41) is 2.82. The Hall–Kier alpha value is -1.93. The fourth-order valence-corrected chi connectivity index (χ4v) is 4.45. The Morgan fingerprint density at radius 1 is 1.12 bits per heavy atom. The molecule has 2 aliphatic heterocycles. The quantitative estimate of drug-likeness (QED) is 0.787. The summed E-state index contributed by atoms with van der Waals surface area (Å²) in [6.07, 6.45) is 0.0821. The second-order valence-electron chi connectivity index (χ2n) is 6.50. The average molecular weight is 365 g/mol. The summed E-state index contributed by atoms with van der Waals surface area (Å²) in [5.74, 6) is -0.290. The maximum atomic E-state index is 12.5. The molecule has 0 aliphatic carbocycles. The van der Waals surface area contributed by atoms with Crippen LogP contribution in [0.3, 0.4) is 0 Å². The number of nitrogens with one attached hydrogen (secondary N) is 1. The van der Waals surface area contributed by atoms with Crippen molar-refractivity contribution >= 4 is 21.7 Å². The molecule has 0 unspecified atom stereocenters. The lowest BCUT2D eigenvalue weighted by molar-refractivity contribution is -0.138. The molecular formula is C17H23N3O4S. The average Bonchev–Trinajstić information content (AvgIpc) is 2.58. The largest absolute Gasteiger partial charge is 0.353 e. The van der Waals surface area contributed by atoms with E-state index < -0.39 is 15.9 Å². The number of amides is 2. The molecule has 7 nitrogen and oxygen atoms in total. The summed E-state index contributed by atoms with van der Waals surface area (Å²) < 4.78 is 23.0. The number of carbonyl (C=O) groups is 2. The van der Waals surface area contributed by atoms with Gasteiger partial charge in [-0.25, -0.2) is 8.42 Å². The number of rotatable bonds is 4. The first-order chi connectivity index (χ1) is 11.9. The van der Waals surface area contributed by atoms with Crippen molar-refractivity contribution in [2.45, 2.75) is 19.0 Å². The lowest BCUT2D eigenvalue weighted by Gasteiger charge is -2.36. The number of sulfone groups is 1. The van der Waals surface area contributed by atoms with Gasteiger partial charge in [0.2, 0.25) is 11.8 Å². The van der Waals surface area contributed by atoms with Crippen LogP contribution < -0.4 is 5.32 Å². The molecule has 0 aromatic heterocycles. The molecule has 1 aromatic carbocycles. The maximum Gasteiger partial charge on any atom is 0.237 e. The van der Waals surface area contributed by atoms with Crippen molar-refractivity contribution in [3.63, 3.8) is 0 Å². The molecule has 2 fully saturated rings. The Morgan fingerprint density at radius 3 is 2.48 bits per heavy atom. The van der Waals surface area contributed by atoms with E-state index in [-0.39, 0.29) is 42.8 Å². The molecule has 1 atom stereocenters. The maximum absolute atomic E-state index is 12.5. The van der Waals surface area contributed by atoms with Gasteiger partial charge in [-0.05, 0) is 5.56 Å². The van der Waals surface area contributed by atoms with Gasteiger partial charge in [0.1, 0.15) is 0 Å². The van der Waals surface area contributed by atoms with E-state index >= 15 is 0 Å². The van der Waals surface area contributed by atoms with Gasteiger partial charge in [0.05, 0.1) is 24.0 Å². The first-order valence-electron chi connectivity index (χ1n) is 8.48. The summed E-state index contributed by atoms with van der Waals surface area (Å²) in [4.78, 5) is 28.4. The van der Waals surface area contributed by atoms with Gasteiger partial charge >= 0.3 is 0 Å². The van der Waals surface area contributed by atoms with E-state index in [1.165, 1.54) is 0 Å². The first kappa shape index (κ1) is 17.9. The first-order valence-corrected chi connectivity index (χ1v) is 10.3. The SMILES string of the molecule is O=C1NCCN(Cc2ccccc2)[C@@H]1CC(=O)N1CCS(=O)(=O)CC1. The Bertz CT molecular complexity index is 722. The van der Waals surface area contributed by atoms with Crippen molar-refractivity contribution in [2.75, 3.05) is 37.7 Å². The molecule has 8 heteroatoms. The Morgan fingerprint density at radius 2 is 1.80 bits per heavy atom. The van der Waals surface area contributed by atoms with Crippen LogP contribution in [0.4, 0.5) is 0 Å². The van der Waals surface area contributed by atoms with Crippen LogP contribution in [0.25, 0.3) is 0 Å². The molecule has 2 heterocycles. The molecule has 1 aromatic rings. The lowest BCUT2D eigenvalue weighted by Crippen LogP contribution is -2.56. The molecule has 25 heavy (non-hydrogen) atoms. The van der Waals surface area contributed by atoms with Crippen molar-refractivity contribution < 1.29 is 18.0 Å². The fraction of sp³-hybridized carbons (Fsp3) is 0.529.